The van der Waals surface area contributed by atoms with Gasteiger partial charge in [0.25, 0.3) is 10.0 Å². The molecular formula is C24H23N3O5S. The highest BCUT2D eigenvalue weighted by Crippen LogP contribution is 2.35. The Labute approximate surface area is 192 Å². The number of carbonyl (C=O) groups is 1. The van der Waals surface area contributed by atoms with Crippen molar-refractivity contribution in [3.63, 3.8) is 0 Å². The molecule has 8 nitrogen and oxygen atoms in total. The van der Waals surface area contributed by atoms with Crippen LogP contribution >= 0.6 is 0 Å². The molecule has 2 amide bonds. The van der Waals surface area contributed by atoms with Crippen molar-refractivity contribution in [2.75, 3.05) is 34.7 Å². The van der Waals surface area contributed by atoms with E-state index in [1.54, 1.807) is 54.6 Å². The van der Waals surface area contributed by atoms with Gasteiger partial charge < -0.3 is 20.1 Å². The van der Waals surface area contributed by atoms with Crippen molar-refractivity contribution in [3.8, 4) is 11.5 Å². The second kappa shape index (κ2) is 8.32. The first-order valence-corrected chi connectivity index (χ1v) is 12.0. The Balaban J connectivity index is 1.33. The molecule has 0 fully saturated rings. The van der Waals surface area contributed by atoms with E-state index in [4.69, 9.17) is 9.47 Å². The van der Waals surface area contributed by atoms with Crippen molar-refractivity contribution >= 4 is 33.1 Å². The SMILES string of the molecule is Cc1ccc(S(=O)(=O)N2CCc3ccc(NC(=O)Nc4ccc5c(c4)OCCO5)cc32)cc1. The third kappa shape index (κ3) is 4.19. The molecule has 170 valence electrons. The number of hydrogen-bond donors (Lipinski definition) is 2. The monoisotopic (exact) mass is 465 g/mol. The molecule has 2 aliphatic heterocycles. The number of nitrogens with zero attached hydrogens (tertiary/aromatic N) is 1. The maximum absolute atomic E-state index is 13.2. The minimum atomic E-state index is -3.69. The smallest absolute Gasteiger partial charge is 0.323 e. The molecule has 0 radical (unpaired) electrons. The predicted molar refractivity (Wildman–Crippen MR) is 126 cm³/mol. The van der Waals surface area contributed by atoms with Gasteiger partial charge in [0.15, 0.2) is 11.5 Å². The molecule has 2 heterocycles. The molecule has 9 heteroatoms. The minimum absolute atomic E-state index is 0.246. The second-order valence-electron chi connectivity index (χ2n) is 7.92. The van der Waals surface area contributed by atoms with E-state index >= 15 is 0 Å². The third-order valence-electron chi connectivity index (χ3n) is 5.61. The van der Waals surface area contributed by atoms with Crippen LogP contribution in [0.5, 0.6) is 11.5 Å². The van der Waals surface area contributed by atoms with Crippen molar-refractivity contribution in [3.05, 3.63) is 71.8 Å². The molecule has 2 aliphatic rings. The zero-order valence-electron chi connectivity index (χ0n) is 18.0. The Morgan fingerprint density at radius 2 is 1.55 bits per heavy atom. The average Bonchev–Trinajstić information content (AvgIpc) is 3.23. The Hall–Kier alpha value is -3.72. The van der Waals surface area contributed by atoms with Crippen molar-refractivity contribution in [1.82, 2.24) is 0 Å². The highest BCUT2D eigenvalue weighted by Gasteiger charge is 2.31. The Morgan fingerprint density at radius 1 is 0.879 bits per heavy atom. The highest BCUT2D eigenvalue weighted by molar-refractivity contribution is 7.92. The van der Waals surface area contributed by atoms with Crippen LogP contribution in [0.15, 0.2) is 65.6 Å². The summed E-state index contributed by atoms with van der Waals surface area (Å²) in [4.78, 5) is 12.8. The molecule has 0 unspecified atom stereocenters. The van der Waals surface area contributed by atoms with Gasteiger partial charge in [0, 0.05) is 24.0 Å². The van der Waals surface area contributed by atoms with Gasteiger partial charge in [-0.2, -0.15) is 0 Å². The first-order valence-electron chi connectivity index (χ1n) is 10.6. The highest BCUT2D eigenvalue weighted by atomic mass is 32.2. The minimum Gasteiger partial charge on any atom is -0.486 e. The predicted octanol–water partition coefficient (Wildman–Crippen LogP) is 4.16. The molecule has 0 aliphatic carbocycles. The van der Waals surface area contributed by atoms with Crippen molar-refractivity contribution in [2.24, 2.45) is 0 Å². The summed E-state index contributed by atoms with van der Waals surface area (Å²) in [6, 6.07) is 16.8. The molecular weight excluding hydrogens is 442 g/mol. The molecule has 33 heavy (non-hydrogen) atoms. The number of sulfonamides is 1. The summed E-state index contributed by atoms with van der Waals surface area (Å²) in [6.07, 6.45) is 0.615. The van der Waals surface area contributed by atoms with Gasteiger partial charge in [-0.05, 0) is 55.3 Å². The van der Waals surface area contributed by atoms with Crippen LogP contribution in [0.3, 0.4) is 0 Å². The summed E-state index contributed by atoms with van der Waals surface area (Å²) < 4.78 is 38.8. The van der Waals surface area contributed by atoms with E-state index < -0.39 is 16.1 Å². The van der Waals surface area contributed by atoms with Gasteiger partial charge in [-0.3, -0.25) is 4.31 Å². The van der Waals surface area contributed by atoms with E-state index in [1.807, 2.05) is 13.0 Å². The number of nitrogens with one attached hydrogen (secondary N) is 2. The third-order valence-corrected chi connectivity index (χ3v) is 7.43. The van der Waals surface area contributed by atoms with Crippen LogP contribution < -0.4 is 24.4 Å². The molecule has 0 spiro atoms. The lowest BCUT2D eigenvalue weighted by Gasteiger charge is -2.20. The summed E-state index contributed by atoms with van der Waals surface area (Å²) in [5.74, 6) is 1.22. The number of urea groups is 1. The number of carbonyl (C=O) groups excluding carboxylic acids is 1. The Kier molecular flexibility index (Phi) is 5.33. The lowest BCUT2D eigenvalue weighted by molar-refractivity contribution is 0.171. The van der Waals surface area contributed by atoms with Crippen LogP contribution in [0.25, 0.3) is 0 Å². The summed E-state index contributed by atoms with van der Waals surface area (Å²) in [5.41, 5.74) is 3.54. The molecule has 0 saturated carbocycles. The van der Waals surface area contributed by atoms with Crippen LogP contribution in [-0.4, -0.2) is 34.2 Å². The average molecular weight is 466 g/mol. The second-order valence-corrected chi connectivity index (χ2v) is 9.78. The first kappa shape index (κ1) is 21.1. The summed E-state index contributed by atoms with van der Waals surface area (Å²) in [5, 5.41) is 5.54. The van der Waals surface area contributed by atoms with Crippen molar-refractivity contribution in [1.29, 1.82) is 0 Å². The van der Waals surface area contributed by atoms with E-state index in [0.717, 1.165) is 11.1 Å². The van der Waals surface area contributed by atoms with Crippen LogP contribution in [-0.2, 0) is 16.4 Å². The Bertz CT molecular complexity index is 1320. The zero-order valence-corrected chi connectivity index (χ0v) is 18.8. The van der Waals surface area contributed by atoms with Gasteiger partial charge in [0.1, 0.15) is 13.2 Å². The summed E-state index contributed by atoms with van der Waals surface area (Å²) in [6.45, 7) is 3.23. The number of benzene rings is 3. The molecule has 2 N–H and O–H groups in total. The van der Waals surface area contributed by atoms with Gasteiger partial charge in [-0.25, -0.2) is 13.2 Å². The van der Waals surface area contributed by atoms with Crippen LogP contribution in [0.2, 0.25) is 0 Å². The zero-order chi connectivity index (χ0) is 23.0. The van der Waals surface area contributed by atoms with Gasteiger partial charge in [0.2, 0.25) is 0 Å². The lowest BCUT2D eigenvalue weighted by atomic mass is 10.1. The molecule has 0 bridgehead atoms. The van der Waals surface area contributed by atoms with Gasteiger partial charge in [-0.15, -0.1) is 0 Å². The molecule has 0 saturated heterocycles. The normalized spacial score (nSPS) is 14.5. The fourth-order valence-electron chi connectivity index (χ4n) is 3.93. The van der Waals surface area contributed by atoms with E-state index in [2.05, 4.69) is 10.6 Å². The summed E-state index contributed by atoms with van der Waals surface area (Å²) >= 11 is 0. The quantitative estimate of drug-likeness (QED) is 0.603. The van der Waals surface area contributed by atoms with Gasteiger partial charge in [0.05, 0.1) is 10.6 Å². The molecule has 0 atom stereocenters. The molecule has 5 rings (SSSR count). The number of anilines is 3. The number of aryl methyl sites for hydroxylation is 1. The molecule has 3 aromatic carbocycles. The fraction of sp³-hybridized carbons (Fsp3) is 0.208. The van der Waals surface area contributed by atoms with Crippen molar-refractivity contribution < 1.29 is 22.7 Å². The molecule has 0 aromatic heterocycles. The standard InChI is InChI=1S/C24H23N3O5S/c1-16-2-7-20(8-3-16)33(29,30)27-11-10-17-4-5-18(14-21(17)27)25-24(28)26-19-6-9-22-23(15-19)32-13-12-31-22/h2-9,14-15H,10-13H2,1H3,(H2,25,26,28). The van der Waals surface area contributed by atoms with Gasteiger partial charge in [-0.1, -0.05) is 23.8 Å². The fourth-order valence-corrected chi connectivity index (χ4v) is 5.42. The number of amides is 2. The van der Waals surface area contributed by atoms with Crippen LogP contribution in [0, 0.1) is 6.92 Å². The van der Waals surface area contributed by atoms with Crippen LogP contribution in [0.1, 0.15) is 11.1 Å². The van der Waals surface area contributed by atoms with Crippen molar-refractivity contribution in [2.45, 2.75) is 18.2 Å². The largest absolute Gasteiger partial charge is 0.486 e. The Morgan fingerprint density at radius 3 is 2.30 bits per heavy atom. The summed E-state index contributed by atoms with van der Waals surface area (Å²) in [7, 11) is -3.69. The van der Waals surface area contributed by atoms with E-state index in [-0.39, 0.29) is 4.90 Å². The topological polar surface area (TPSA) is 97.0 Å². The lowest BCUT2D eigenvalue weighted by Crippen LogP contribution is -2.29. The number of ether oxygens (including phenoxy) is 2. The van der Waals surface area contributed by atoms with Gasteiger partial charge >= 0.3 is 6.03 Å². The van der Waals surface area contributed by atoms with Crippen LogP contribution in [0.4, 0.5) is 21.9 Å². The van der Waals surface area contributed by atoms with E-state index in [0.29, 0.717) is 54.7 Å². The number of rotatable bonds is 4. The maximum Gasteiger partial charge on any atom is 0.323 e. The van der Waals surface area contributed by atoms with E-state index in [9.17, 15) is 13.2 Å². The molecule has 3 aromatic rings. The number of hydrogen-bond acceptors (Lipinski definition) is 5. The van der Waals surface area contributed by atoms with E-state index in [1.165, 1.54) is 4.31 Å². The first-order chi connectivity index (χ1) is 15.9. The maximum atomic E-state index is 13.2. The number of fused-ring (bicyclic) bond motifs is 2.